The van der Waals surface area contributed by atoms with Crippen LogP contribution in [0.3, 0.4) is 0 Å². The molecule has 20 heavy (non-hydrogen) atoms. The molecule has 2 rings (SSSR count). The molecule has 2 aliphatic rings. The van der Waals surface area contributed by atoms with E-state index in [2.05, 4.69) is 0 Å². The SMILES string of the molecule is OC[C@H]1[C@@H](O)[C@H](O)[C@H](O)CN1CCCC1CCCCC1. The molecule has 0 aromatic heterocycles. The zero-order chi connectivity index (χ0) is 14.5. The lowest BCUT2D eigenvalue weighted by atomic mass is 9.86. The largest absolute Gasteiger partial charge is 0.395 e. The van der Waals surface area contributed by atoms with E-state index in [1.165, 1.54) is 38.5 Å². The van der Waals surface area contributed by atoms with Gasteiger partial charge in [0.2, 0.25) is 0 Å². The molecule has 1 saturated carbocycles. The van der Waals surface area contributed by atoms with Gasteiger partial charge >= 0.3 is 0 Å². The van der Waals surface area contributed by atoms with Crippen molar-refractivity contribution in [2.45, 2.75) is 69.3 Å². The lowest BCUT2D eigenvalue weighted by Crippen LogP contribution is -2.62. The van der Waals surface area contributed by atoms with Gasteiger partial charge in [0.15, 0.2) is 0 Å². The monoisotopic (exact) mass is 287 g/mol. The molecule has 118 valence electrons. The minimum atomic E-state index is -1.15. The molecule has 0 amide bonds. The maximum atomic E-state index is 9.91. The summed E-state index contributed by atoms with van der Waals surface area (Å²) in [5.74, 6) is 0.821. The first kappa shape index (κ1) is 16.2. The lowest BCUT2D eigenvalue weighted by molar-refractivity contribution is -0.145. The molecule has 5 heteroatoms. The van der Waals surface area contributed by atoms with E-state index in [1.54, 1.807) is 0 Å². The van der Waals surface area contributed by atoms with Gasteiger partial charge in [-0.1, -0.05) is 32.1 Å². The van der Waals surface area contributed by atoms with E-state index >= 15 is 0 Å². The van der Waals surface area contributed by atoms with Crippen LogP contribution in [-0.2, 0) is 0 Å². The van der Waals surface area contributed by atoms with Crippen molar-refractivity contribution < 1.29 is 20.4 Å². The maximum absolute atomic E-state index is 9.91. The average Bonchev–Trinajstić information content (AvgIpc) is 2.46. The molecule has 1 heterocycles. The molecule has 1 aliphatic carbocycles. The number of β-amino-alcohol motifs (C(OH)–C–C–N with tert-alkyl or cyclic N) is 1. The van der Waals surface area contributed by atoms with E-state index in [4.69, 9.17) is 0 Å². The number of likely N-dealkylation sites (tertiary alicyclic amines) is 1. The van der Waals surface area contributed by atoms with E-state index in [1.807, 2.05) is 4.90 Å². The standard InChI is InChI=1S/C15H29NO4/c17-10-12-14(19)15(20)13(18)9-16(12)8-4-7-11-5-2-1-3-6-11/h11-15,17-20H,1-10H2/t12-,13+,14+,15+/m0/s1. The number of nitrogens with zero attached hydrogens (tertiary/aromatic N) is 1. The number of rotatable bonds is 5. The van der Waals surface area contributed by atoms with Gasteiger partial charge < -0.3 is 20.4 Å². The predicted molar refractivity (Wildman–Crippen MR) is 76.3 cm³/mol. The van der Waals surface area contributed by atoms with Gasteiger partial charge in [0.25, 0.3) is 0 Å². The zero-order valence-corrected chi connectivity index (χ0v) is 12.2. The van der Waals surface area contributed by atoms with Crippen LogP contribution in [0.1, 0.15) is 44.9 Å². The van der Waals surface area contributed by atoms with Crippen LogP contribution in [0.5, 0.6) is 0 Å². The van der Waals surface area contributed by atoms with E-state index in [0.717, 1.165) is 18.9 Å². The van der Waals surface area contributed by atoms with Gasteiger partial charge in [-0.3, -0.25) is 4.90 Å². The number of piperidine rings is 1. The molecular formula is C15H29NO4. The molecule has 5 nitrogen and oxygen atoms in total. The minimum absolute atomic E-state index is 0.186. The number of hydrogen-bond acceptors (Lipinski definition) is 5. The third kappa shape index (κ3) is 3.92. The summed E-state index contributed by atoms with van der Waals surface area (Å²) in [6.07, 6.45) is 5.77. The summed E-state index contributed by atoms with van der Waals surface area (Å²) in [7, 11) is 0. The molecule has 0 radical (unpaired) electrons. The minimum Gasteiger partial charge on any atom is -0.395 e. The molecule has 4 atom stereocenters. The Hall–Kier alpha value is -0.200. The van der Waals surface area contributed by atoms with Gasteiger partial charge in [-0.2, -0.15) is 0 Å². The third-order valence-corrected chi connectivity index (χ3v) is 5.00. The van der Waals surface area contributed by atoms with Crippen LogP contribution in [-0.4, -0.2) is 69.4 Å². The quantitative estimate of drug-likeness (QED) is 0.577. The van der Waals surface area contributed by atoms with Crippen LogP contribution in [0.25, 0.3) is 0 Å². The normalized spacial score (nSPS) is 37.2. The Bertz CT molecular complexity index is 283. The van der Waals surface area contributed by atoms with E-state index in [9.17, 15) is 20.4 Å². The van der Waals surface area contributed by atoms with E-state index < -0.39 is 24.4 Å². The van der Waals surface area contributed by atoms with Crippen molar-refractivity contribution in [1.82, 2.24) is 4.90 Å². The molecule has 0 bridgehead atoms. The van der Waals surface area contributed by atoms with Crippen LogP contribution in [0, 0.1) is 5.92 Å². The lowest BCUT2D eigenvalue weighted by Gasteiger charge is -2.43. The fraction of sp³-hybridized carbons (Fsp3) is 1.00. The second kappa shape index (κ2) is 7.71. The molecule has 0 aromatic rings. The molecule has 0 spiro atoms. The van der Waals surface area contributed by atoms with Crippen molar-refractivity contribution in [3.63, 3.8) is 0 Å². The zero-order valence-electron chi connectivity index (χ0n) is 12.2. The first-order chi connectivity index (χ1) is 9.63. The highest BCUT2D eigenvalue weighted by Crippen LogP contribution is 2.28. The van der Waals surface area contributed by atoms with Crippen LogP contribution in [0.4, 0.5) is 0 Å². The van der Waals surface area contributed by atoms with E-state index in [-0.39, 0.29) is 6.61 Å². The third-order valence-electron chi connectivity index (χ3n) is 5.00. The highest BCUT2D eigenvalue weighted by molar-refractivity contribution is 4.94. The van der Waals surface area contributed by atoms with Crippen molar-refractivity contribution in [2.75, 3.05) is 19.7 Å². The van der Waals surface area contributed by atoms with Crippen LogP contribution >= 0.6 is 0 Å². The van der Waals surface area contributed by atoms with Crippen LogP contribution in [0.15, 0.2) is 0 Å². The number of aliphatic hydroxyl groups is 4. The number of aliphatic hydroxyl groups excluding tert-OH is 4. The Morgan fingerprint density at radius 2 is 1.65 bits per heavy atom. The molecule has 1 saturated heterocycles. The van der Waals surface area contributed by atoms with E-state index in [0.29, 0.717) is 6.54 Å². The molecule has 0 unspecified atom stereocenters. The fourth-order valence-electron chi connectivity index (χ4n) is 3.69. The summed E-state index contributed by atoms with van der Waals surface area (Å²) < 4.78 is 0. The average molecular weight is 287 g/mol. The first-order valence-electron chi connectivity index (χ1n) is 8.02. The Morgan fingerprint density at radius 1 is 0.950 bits per heavy atom. The summed E-state index contributed by atoms with van der Waals surface area (Å²) in [6.45, 7) is 0.908. The summed E-state index contributed by atoms with van der Waals surface area (Å²) in [4.78, 5) is 1.92. The number of hydrogen-bond donors (Lipinski definition) is 4. The summed E-state index contributed by atoms with van der Waals surface area (Å²) in [5.41, 5.74) is 0. The van der Waals surface area contributed by atoms with Crippen molar-refractivity contribution in [2.24, 2.45) is 5.92 Å². The van der Waals surface area contributed by atoms with Gasteiger partial charge in [-0.05, 0) is 25.3 Å². The second-order valence-corrected chi connectivity index (χ2v) is 6.44. The highest BCUT2D eigenvalue weighted by atomic mass is 16.4. The van der Waals surface area contributed by atoms with Crippen molar-refractivity contribution in [1.29, 1.82) is 0 Å². The Labute approximate surface area is 121 Å². The molecule has 0 aromatic carbocycles. The van der Waals surface area contributed by atoms with Gasteiger partial charge in [0, 0.05) is 6.54 Å². The van der Waals surface area contributed by atoms with Crippen molar-refractivity contribution in [3.05, 3.63) is 0 Å². The Morgan fingerprint density at radius 3 is 2.30 bits per heavy atom. The maximum Gasteiger partial charge on any atom is 0.109 e. The van der Waals surface area contributed by atoms with Crippen LogP contribution in [0.2, 0.25) is 0 Å². The predicted octanol–water partition coefficient (Wildman–Crippen LogP) is 0.106. The smallest absolute Gasteiger partial charge is 0.109 e. The van der Waals surface area contributed by atoms with Crippen molar-refractivity contribution in [3.8, 4) is 0 Å². The second-order valence-electron chi connectivity index (χ2n) is 6.44. The Balaban J connectivity index is 1.77. The molecule has 4 N–H and O–H groups in total. The van der Waals surface area contributed by atoms with Gasteiger partial charge in [-0.25, -0.2) is 0 Å². The molecule has 1 aliphatic heterocycles. The first-order valence-corrected chi connectivity index (χ1v) is 8.02. The Kier molecular flexibility index (Phi) is 6.23. The van der Waals surface area contributed by atoms with Crippen molar-refractivity contribution >= 4 is 0 Å². The fourth-order valence-corrected chi connectivity index (χ4v) is 3.69. The van der Waals surface area contributed by atoms with Crippen LogP contribution < -0.4 is 0 Å². The summed E-state index contributed by atoms with van der Waals surface area (Å²) in [6, 6.07) is -0.459. The summed E-state index contributed by atoms with van der Waals surface area (Å²) in [5, 5.41) is 38.7. The van der Waals surface area contributed by atoms with Gasteiger partial charge in [0.1, 0.15) is 12.2 Å². The topological polar surface area (TPSA) is 84.2 Å². The van der Waals surface area contributed by atoms with Gasteiger partial charge in [-0.15, -0.1) is 0 Å². The molecule has 2 fully saturated rings. The molecular weight excluding hydrogens is 258 g/mol. The highest BCUT2D eigenvalue weighted by Gasteiger charge is 2.40. The van der Waals surface area contributed by atoms with Gasteiger partial charge in [0.05, 0.1) is 18.8 Å². The summed E-state index contributed by atoms with van der Waals surface area (Å²) >= 11 is 0.